The van der Waals surface area contributed by atoms with Crippen LogP contribution in [0, 0.1) is 6.92 Å². The first-order valence-corrected chi connectivity index (χ1v) is 6.57. The van der Waals surface area contributed by atoms with E-state index in [0.717, 1.165) is 18.1 Å². The van der Waals surface area contributed by atoms with Crippen LogP contribution in [0.4, 0.5) is 0 Å². The van der Waals surface area contributed by atoms with Gasteiger partial charge in [-0.1, -0.05) is 6.42 Å². The van der Waals surface area contributed by atoms with Crippen molar-refractivity contribution >= 4 is 0 Å². The lowest BCUT2D eigenvalue weighted by Crippen LogP contribution is -2.20. The Bertz CT molecular complexity index is 359. The first kappa shape index (κ1) is 12.4. The summed E-state index contributed by atoms with van der Waals surface area (Å²) in [7, 11) is 1.96. The lowest BCUT2D eigenvalue weighted by molar-refractivity contribution is 0.148. The molecule has 1 aliphatic rings. The van der Waals surface area contributed by atoms with Crippen LogP contribution in [0.5, 0.6) is 5.88 Å². The average Bonchev–Trinajstić information content (AvgIpc) is 2.30. The Labute approximate surface area is 104 Å². The molecule has 94 valence electrons. The molecule has 0 aliphatic heterocycles. The molecule has 17 heavy (non-hydrogen) atoms. The van der Waals surface area contributed by atoms with E-state index in [1.807, 2.05) is 14.0 Å². The Hall–Kier alpha value is -1.09. The number of nitrogens with zero attached hydrogens (tertiary/aromatic N) is 1. The Balaban J connectivity index is 2.03. The molecular formula is C14H22N2O. The van der Waals surface area contributed by atoms with Crippen molar-refractivity contribution in [2.24, 2.45) is 0 Å². The van der Waals surface area contributed by atoms with Crippen molar-refractivity contribution in [1.29, 1.82) is 0 Å². The number of ether oxygens (including phenoxy) is 1. The molecule has 1 aromatic rings. The highest BCUT2D eigenvalue weighted by molar-refractivity contribution is 5.24. The molecule has 1 aromatic heterocycles. The standard InChI is InChI=1S/C14H22N2O/c1-11-8-12(10-15-2)9-14(16-11)17-13-6-4-3-5-7-13/h8-9,13,15H,3-7,10H2,1-2H3. The van der Waals surface area contributed by atoms with E-state index in [1.54, 1.807) is 0 Å². The maximum absolute atomic E-state index is 5.98. The third kappa shape index (κ3) is 3.70. The van der Waals surface area contributed by atoms with Gasteiger partial charge >= 0.3 is 0 Å². The summed E-state index contributed by atoms with van der Waals surface area (Å²) in [4.78, 5) is 4.46. The van der Waals surface area contributed by atoms with Gasteiger partial charge in [-0.15, -0.1) is 0 Å². The molecule has 0 atom stereocenters. The van der Waals surface area contributed by atoms with Crippen LogP contribution in [-0.2, 0) is 6.54 Å². The molecular weight excluding hydrogens is 212 g/mol. The molecule has 3 nitrogen and oxygen atoms in total. The molecule has 0 aromatic carbocycles. The van der Waals surface area contributed by atoms with E-state index in [2.05, 4.69) is 22.4 Å². The lowest BCUT2D eigenvalue weighted by Gasteiger charge is -2.22. The highest BCUT2D eigenvalue weighted by Crippen LogP contribution is 2.23. The van der Waals surface area contributed by atoms with Gasteiger partial charge < -0.3 is 10.1 Å². The van der Waals surface area contributed by atoms with E-state index in [9.17, 15) is 0 Å². The van der Waals surface area contributed by atoms with Crippen molar-refractivity contribution in [3.8, 4) is 5.88 Å². The summed E-state index contributed by atoms with van der Waals surface area (Å²) < 4.78 is 5.98. The van der Waals surface area contributed by atoms with Crippen LogP contribution in [0.3, 0.4) is 0 Å². The van der Waals surface area contributed by atoms with Crippen molar-refractivity contribution < 1.29 is 4.74 Å². The van der Waals surface area contributed by atoms with Gasteiger partial charge in [-0.25, -0.2) is 4.98 Å². The number of aryl methyl sites for hydroxylation is 1. The minimum Gasteiger partial charge on any atom is -0.474 e. The van der Waals surface area contributed by atoms with Crippen molar-refractivity contribution in [2.45, 2.75) is 51.7 Å². The first-order chi connectivity index (χ1) is 8.28. The molecule has 0 unspecified atom stereocenters. The van der Waals surface area contributed by atoms with Gasteiger partial charge in [0.15, 0.2) is 0 Å². The maximum Gasteiger partial charge on any atom is 0.214 e. The Morgan fingerprint density at radius 3 is 2.76 bits per heavy atom. The van der Waals surface area contributed by atoms with Gasteiger partial charge in [0.2, 0.25) is 5.88 Å². The fourth-order valence-corrected chi connectivity index (χ4v) is 2.43. The summed E-state index contributed by atoms with van der Waals surface area (Å²) in [5.41, 5.74) is 2.27. The van der Waals surface area contributed by atoms with Crippen molar-refractivity contribution in [1.82, 2.24) is 10.3 Å². The normalized spacial score (nSPS) is 17.1. The van der Waals surface area contributed by atoms with E-state index in [0.29, 0.717) is 6.10 Å². The van der Waals surface area contributed by atoms with Crippen molar-refractivity contribution in [3.63, 3.8) is 0 Å². The number of rotatable bonds is 4. The van der Waals surface area contributed by atoms with Crippen LogP contribution in [-0.4, -0.2) is 18.1 Å². The van der Waals surface area contributed by atoms with Crippen LogP contribution in [0.2, 0.25) is 0 Å². The summed E-state index contributed by atoms with van der Waals surface area (Å²) in [5, 5.41) is 3.16. The average molecular weight is 234 g/mol. The number of pyridine rings is 1. The monoisotopic (exact) mass is 234 g/mol. The number of hydrogen-bond donors (Lipinski definition) is 1. The summed E-state index contributed by atoms with van der Waals surface area (Å²) in [6.07, 6.45) is 6.67. The second-order valence-electron chi connectivity index (χ2n) is 4.86. The van der Waals surface area contributed by atoms with Gasteiger partial charge in [-0.05, 0) is 51.3 Å². The zero-order chi connectivity index (χ0) is 12.1. The van der Waals surface area contributed by atoms with E-state index in [4.69, 9.17) is 4.74 Å². The molecule has 0 bridgehead atoms. The van der Waals surface area contributed by atoms with Gasteiger partial charge in [0, 0.05) is 18.3 Å². The molecule has 0 amide bonds. The predicted octanol–water partition coefficient (Wildman–Crippen LogP) is 2.82. The SMILES string of the molecule is CNCc1cc(C)nc(OC2CCCCC2)c1. The molecule has 3 heteroatoms. The zero-order valence-corrected chi connectivity index (χ0v) is 10.8. The van der Waals surface area contributed by atoms with Gasteiger partial charge in [-0.2, -0.15) is 0 Å². The number of nitrogens with one attached hydrogen (secondary N) is 1. The minimum atomic E-state index is 0.375. The zero-order valence-electron chi connectivity index (χ0n) is 10.8. The molecule has 0 saturated heterocycles. The fraction of sp³-hybridized carbons (Fsp3) is 0.643. The van der Waals surface area contributed by atoms with Crippen molar-refractivity contribution in [2.75, 3.05) is 7.05 Å². The molecule has 0 spiro atoms. The second-order valence-corrected chi connectivity index (χ2v) is 4.86. The third-order valence-corrected chi connectivity index (χ3v) is 3.21. The molecule has 1 fully saturated rings. The highest BCUT2D eigenvalue weighted by Gasteiger charge is 2.15. The van der Waals surface area contributed by atoms with E-state index < -0.39 is 0 Å². The van der Waals surface area contributed by atoms with Crippen LogP contribution in [0.1, 0.15) is 43.4 Å². The Morgan fingerprint density at radius 2 is 2.06 bits per heavy atom. The van der Waals surface area contributed by atoms with Gasteiger partial charge in [0.05, 0.1) is 0 Å². The van der Waals surface area contributed by atoms with E-state index >= 15 is 0 Å². The first-order valence-electron chi connectivity index (χ1n) is 6.57. The molecule has 0 radical (unpaired) electrons. The van der Waals surface area contributed by atoms with Crippen molar-refractivity contribution in [3.05, 3.63) is 23.4 Å². The molecule has 2 rings (SSSR count). The number of hydrogen-bond acceptors (Lipinski definition) is 3. The summed E-state index contributed by atoms with van der Waals surface area (Å²) in [6, 6.07) is 4.16. The van der Waals surface area contributed by atoms with Gasteiger partial charge in [0.25, 0.3) is 0 Å². The fourth-order valence-electron chi connectivity index (χ4n) is 2.43. The van der Waals surface area contributed by atoms with Gasteiger partial charge in [-0.3, -0.25) is 0 Å². The summed E-state index contributed by atoms with van der Waals surface area (Å²) in [5.74, 6) is 0.794. The molecule has 1 N–H and O–H groups in total. The molecule has 1 heterocycles. The smallest absolute Gasteiger partial charge is 0.214 e. The largest absolute Gasteiger partial charge is 0.474 e. The number of aromatic nitrogens is 1. The topological polar surface area (TPSA) is 34.2 Å². The summed E-state index contributed by atoms with van der Waals surface area (Å²) >= 11 is 0. The second kappa shape index (κ2) is 6.01. The highest BCUT2D eigenvalue weighted by atomic mass is 16.5. The van der Waals surface area contributed by atoms with E-state index in [1.165, 1.54) is 37.7 Å². The van der Waals surface area contributed by atoms with Crippen LogP contribution in [0.15, 0.2) is 12.1 Å². The summed E-state index contributed by atoms with van der Waals surface area (Å²) in [6.45, 7) is 2.89. The Kier molecular flexibility index (Phi) is 4.37. The lowest BCUT2D eigenvalue weighted by atomic mass is 9.98. The minimum absolute atomic E-state index is 0.375. The van der Waals surface area contributed by atoms with Crippen LogP contribution in [0.25, 0.3) is 0 Å². The molecule has 1 aliphatic carbocycles. The van der Waals surface area contributed by atoms with Crippen LogP contribution >= 0.6 is 0 Å². The Morgan fingerprint density at radius 1 is 1.29 bits per heavy atom. The third-order valence-electron chi connectivity index (χ3n) is 3.21. The van der Waals surface area contributed by atoms with E-state index in [-0.39, 0.29) is 0 Å². The maximum atomic E-state index is 5.98. The molecule has 1 saturated carbocycles. The van der Waals surface area contributed by atoms with Crippen LogP contribution < -0.4 is 10.1 Å². The quantitative estimate of drug-likeness (QED) is 0.870. The predicted molar refractivity (Wildman–Crippen MR) is 69.2 cm³/mol. The van der Waals surface area contributed by atoms with Gasteiger partial charge in [0.1, 0.15) is 6.10 Å².